The Labute approximate surface area is 297 Å². The van der Waals surface area contributed by atoms with Crippen LogP contribution in [-0.2, 0) is 5.41 Å². The molecule has 2 aliphatic rings. The number of anilines is 6. The summed E-state index contributed by atoms with van der Waals surface area (Å²) in [6.45, 7) is 4.88. The molecule has 2 nitrogen and oxygen atoms in total. The topological polar surface area (TPSA) is 6.48 Å². The van der Waals surface area contributed by atoms with E-state index in [1.165, 1.54) is 93.8 Å². The van der Waals surface area contributed by atoms with E-state index in [4.69, 9.17) is 0 Å². The first-order valence-corrected chi connectivity index (χ1v) is 17.9. The van der Waals surface area contributed by atoms with E-state index in [2.05, 4.69) is 194 Å². The highest BCUT2D eigenvalue weighted by molar-refractivity contribution is 6.35. The fourth-order valence-corrected chi connectivity index (χ4v) is 9.38. The lowest BCUT2D eigenvalue weighted by Gasteiger charge is -2.40. The Bertz CT molecular complexity index is 2850. The van der Waals surface area contributed by atoms with Crippen molar-refractivity contribution in [3.8, 4) is 11.1 Å². The van der Waals surface area contributed by atoms with E-state index >= 15 is 0 Å². The summed E-state index contributed by atoms with van der Waals surface area (Å²) in [6.07, 6.45) is 0. The van der Waals surface area contributed by atoms with E-state index in [0.29, 0.717) is 0 Å². The number of fused-ring (bicyclic) bond motifs is 15. The van der Waals surface area contributed by atoms with Crippen LogP contribution in [0.3, 0.4) is 0 Å². The fourth-order valence-electron chi connectivity index (χ4n) is 9.38. The van der Waals surface area contributed by atoms with Crippen LogP contribution in [0.1, 0.15) is 25.0 Å². The fraction of sp³-hybridized carbons (Fsp3) is 0.0612. The summed E-state index contributed by atoms with van der Waals surface area (Å²) in [4.78, 5) is 4.85. The van der Waals surface area contributed by atoms with Crippen LogP contribution in [0.25, 0.3) is 54.2 Å². The lowest BCUT2D eigenvalue weighted by Crippen LogP contribution is -2.24. The van der Waals surface area contributed by atoms with Crippen LogP contribution >= 0.6 is 0 Å². The molecule has 1 aliphatic carbocycles. The molecule has 0 aromatic heterocycles. The average molecular weight is 651 g/mol. The average Bonchev–Trinajstić information content (AvgIpc) is 3.43. The van der Waals surface area contributed by atoms with Crippen LogP contribution in [0.15, 0.2) is 170 Å². The lowest BCUT2D eigenvalue weighted by molar-refractivity contribution is 0.667. The van der Waals surface area contributed by atoms with E-state index < -0.39 is 0 Å². The first-order chi connectivity index (χ1) is 25.1. The van der Waals surface area contributed by atoms with E-state index in [-0.39, 0.29) is 5.41 Å². The van der Waals surface area contributed by atoms with Crippen LogP contribution in [0.4, 0.5) is 34.1 Å². The Hall–Kier alpha value is -6.38. The maximum absolute atomic E-state index is 2.48. The smallest absolute Gasteiger partial charge is 0.0703 e. The Morgan fingerprint density at radius 3 is 1.37 bits per heavy atom. The number of nitrogens with zero attached hydrogens (tertiary/aromatic N) is 2. The van der Waals surface area contributed by atoms with Gasteiger partial charge in [-0.3, -0.25) is 0 Å². The summed E-state index contributed by atoms with van der Waals surface area (Å²) in [5.41, 5.74) is 12.2. The Kier molecular flexibility index (Phi) is 5.76. The summed E-state index contributed by atoms with van der Waals surface area (Å²) in [6, 6.07) is 62.6. The normalized spacial score (nSPS) is 14.2. The molecule has 0 radical (unpaired) electrons. The molecule has 0 N–H and O–H groups in total. The van der Waals surface area contributed by atoms with Crippen LogP contribution in [-0.4, -0.2) is 0 Å². The highest BCUT2D eigenvalue weighted by Crippen LogP contribution is 2.59. The van der Waals surface area contributed by atoms with Crippen LogP contribution < -0.4 is 9.80 Å². The quantitative estimate of drug-likeness (QED) is 0.172. The van der Waals surface area contributed by atoms with Gasteiger partial charge in [0.2, 0.25) is 0 Å². The van der Waals surface area contributed by atoms with Crippen molar-refractivity contribution < 1.29 is 0 Å². The molecule has 0 saturated heterocycles. The van der Waals surface area contributed by atoms with Gasteiger partial charge in [-0.15, -0.1) is 0 Å². The molecule has 9 aromatic carbocycles. The predicted molar refractivity (Wildman–Crippen MR) is 217 cm³/mol. The largest absolute Gasteiger partial charge is 0.306 e. The van der Waals surface area contributed by atoms with E-state index in [0.717, 1.165) is 5.69 Å². The molecule has 240 valence electrons. The van der Waals surface area contributed by atoms with Gasteiger partial charge in [-0.1, -0.05) is 135 Å². The molecule has 2 heteroatoms. The zero-order valence-electron chi connectivity index (χ0n) is 28.6. The van der Waals surface area contributed by atoms with Gasteiger partial charge in [0, 0.05) is 16.8 Å². The lowest BCUT2D eigenvalue weighted by atomic mass is 9.77. The second-order valence-electron chi connectivity index (χ2n) is 14.5. The predicted octanol–water partition coefficient (Wildman–Crippen LogP) is 13.9. The van der Waals surface area contributed by atoms with Crippen molar-refractivity contribution in [2.75, 3.05) is 9.80 Å². The maximum Gasteiger partial charge on any atom is 0.0703 e. The van der Waals surface area contributed by atoms with Crippen molar-refractivity contribution in [1.29, 1.82) is 0 Å². The number of rotatable bonds is 2. The molecule has 0 atom stereocenters. The molecule has 1 aliphatic heterocycles. The van der Waals surface area contributed by atoms with Gasteiger partial charge in [-0.2, -0.15) is 0 Å². The molecule has 1 heterocycles. The van der Waals surface area contributed by atoms with Gasteiger partial charge in [0.05, 0.1) is 22.7 Å². The van der Waals surface area contributed by atoms with E-state index in [9.17, 15) is 0 Å². The van der Waals surface area contributed by atoms with Crippen molar-refractivity contribution >= 4 is 77.2 Å². The van der Waals surface area contributed by atoms with Crippen molar-refractivity contribution in [2.45, 2.75) is 19.3 Å². The van der Waals surface area contributed by atoms with Crippen molar-refractivity contribution in [2.24, 2.45) is 0 Å². The van der Waals surface area contributed by atoms with Gasteiger partial charge in [0.15, 0.2) is 0 Å². The number of hydrogen-bond acceptors (Lipinski definition) is 2. The molecule has 0 amide bonds. The molecular weight excluding hydrogens is 617 g/mol. The van der Waals surface area contributed by atoms with Crippen molar-refractivity contribution in [3.63, 3.8) is 0 Å². The minimum atomic E-state index is -0.251. The van der Waals surface area contributed by atoms with Gasteiger partial charge in [0.1, 0.15) is 0 Å². The minimum Gasteiger partial charge on any atom is -0.306 e. The zero-order valence-corrected chi connectivity index (χ0v) is 28.6. The number of hydrogen-bond donors (Lipinski definition) is 0. The molecular formula is C49H34N2. The van der Waals surface area contributed by atoms with Gasteiger partial charge in [-0.25, -0.2) is 0 Å². The second kappa shape index (κ2) is 10.3. The number of para-hydroxylation sites is 5. The molecule has 0 spiro atoms. The SMILES string of the molecule is CC1(C)c2cc(N3c4ccccc4N(c4ccccc4)c4ccccc43)ccc2-c2c1c1c3ccccc3c3ccccc3c1c1ccccc21. The van der Waals surface area contributed by atoms with Crippen LogP contribution in [0, 0.1) is 0 Å². The Morgan fingerprint density at radius 2 is 0.804 bits per heavy atom. The minimum absolute atomic E-state index is 0.251. The molecule has 9 aromatic rings. The van der Waals surface area contributed by atoms with Gasteiger partial charge in [0.25, 0.3) is 0 Å². The van der Waals surface area contributed by atoms with Gasteiger partial charge < -0.3 is 9.80 Å². The van der Waals surface area contributed by atoms with Gasteiger partial charge >= 0.3 is 0 Å². The monoisotopic (exact) mass is 650 g/mol. The molecule has 11 rings (SSSR count). The van der Waals surface area contributed by atoms with Crippen molar-refractivity contribution in [3.05, 3.63) is 181 Å². The number of benzene rings is 9. The summed E-state index contributed by atoms with van der Waals surface area (Å²) in [7, 11) is 0. The summed E-state index contributed by atoms with van der Waals surface area (Å²) < 4.78 is 0. The van der Waals surface area contributed by atoms with E-state index in [1.807, 2.05) is 0 Å². The standard InChI is InChI=1S/C49H34N2/c1-49(2)40-30-32(51-43-26-14-12-24-41(43)50(31-16-4-3-5-17-31)42-25-13-15-27-44(42)51)28-29-39(40)46-38-23-11-10-22-37(38)45-35-20-8-6-18-33(35)34-19-7-9-21-36(34)47(45)48(46)49/h3-30H,1-2H3. The first kappa shape index (κ1) is 28.5. The molecule has 0 fully saturated rings. The molecule has 0 unspecified atom stereocenters. The second-order valence-corrected chi connectivity index (χ2v) is 14.5. The summed E-state index contributed by atoms with van der Waals surface area (Å²) in [5, 5.41) is 10.7. The van der Waals surface area contributed by atoms with Crippen molar-refractivity contribution in [1.82, 2.24) is 0 Å². The molecule has 51 heavy (non-hydrogen) atoms. The Balaban J connectivity index is 1.20. The third-order valence-electron chi connectivity index (χ3n) is 11.5. The molecule has 0 saturated carbocycles. The van der Waals surface area contributed by atoms with E-state index in [1.54, 1.807) is 0 Å². The maximum atomic E-state index is 2.48. The summed E-state index contributed by atoms with van der Waals surface area (Å²) >= 11 is 0. The Morgan fingerprint density at radius 1 is 0.373 bits per heavy atom. The highest BCUT2D eigenvalue weighted by atomic mass is 15.3. The zero-order chi connectivity index (χ0) is 33.8. The highest BCUT2D eigenvalue weighted by Gasteiger charge is 2.40. The third kappa shape index (κ3) is 3.77. The first-order valence-electron chi connectivity index (χ1n) is 17.9. The third-order valence-corrected chi connectivity index (χ3v) is 11.5. The van der Waals surface area contributed by atoms with Crippen LogP contribution in [0.5, 0.6) is 0 Å². The van der Waals surface area contributed by atoms with Crippen LogP contribution in [0.2, 0.25) is 0 Å². The van der Waals surface area contributed by atoms with Gasteiger partial charge in [-0.05, 0) is 114 Å². The molecule has 0 bridgehead atoms. The summed E-state index contributed by atoms with van der Waals surface area (Å²) in [5.74, 6) is 0.